The number of hydrogen-bond acceptors (Lipinski definition) is 3. The summed E-state index contributed by atoms with van der Waals surface area (Å²) >= 11 is 0. The van der Waals surface area contributed by atoms with Crippen molar-refractivity contribution in [1.82, 2.24) is 0 Å². The summed E-state index contributed by atoms with van der Waals surface area (Å²) in [5.41, 5.74) is -0.313. The van der Waals surface area contributed by atoms with Gasteiger partial charge in [-0.2, -0.15) is 0 Å². The summed E-state index contributed by atoms with van der Waals surface area (Å²) in [7, 11) is 0. The molecule has 1 aliphatic rings. The quantitative estimate of drug-likeness (QED) is 0.744. The van der Waals surface area contributed by atoms with Crippen LogP contribution in [-0.4, -0.2) is 27.9 Å². The third-order valence-electron chi connectivity index (χ3n) is 5.24. The summed E-state index contributed by atoms with van der Waals surface area (Å²) in [6.07, 6.45) is 4.15. The van der Waals surface area contributed by atoms with E-state index >= 15 is 0 Å². The number of carboxylic acid groups (broad SMARTS) is 2. The molecule has 0 aliphatic heterocycles. The van der Waals surface area contributed by atoms with Gasteiger partial charge in [-0.15, -0.1) is 0 Å². The Bertz CT molecular complexity index is 914. The van der Waals surface area contributed by atoms with Crippen molar-refractivity contribution in [3.63, 3.8) is 0 Å². The fraction of sp³-hybridized carbons (Fsp3) is 0.318. The van der Waals surface area contributed by atoms with Crippen LogP contribution in [-0.2, 0) is 14.4 Å². The van der Waals surface area contributed by atoms with Crippen molar-refractivity contribution in [2.24, 2.45) is 5.92 Å². The first kappa shape index (κ1) is 18.8. The Morgan fingerprint density at radius 2 is 1.52 bits per heavy atom. The predicted molar refractivity (Wildman–Crippen MR) is 102 cm³/mol. The third kappa shape index (κ3) is 4.08. The highest BCUT2D eigenvalue weighted by Crippen LogP contribution is 2.31. The number of Topliss-reactive ketones (excluding diaryl/α,β-unsaturated/α-hetero) is 1. The van der Waals surface area contributed by atoms with Crippen molar-refractivity contribution < 1.29 is 24.6 Å². The Kier molecular flexibility index (Phi) is 5.69. The monoisotopic (exact) mass is 366 g/mol. The van der Waals surface area contributed by atoms with Crippen molar-refractivity contribution in [2.75, 3.05) is 0 Å². The molecule has 0 bridgehead atoms. The molecule has 2 aromatic rings. The second-order valence-corrected chi connectivity index (χ2v) is 6.97. The van der Waals surface area contributed by atoms with E-state index in [2.05, 4.69) is 0 Å². The normalized spacial score (nSPS) is 16.0. The Morgan fingerprint density at radius 3 is 2.19 bits per heavy atom. The number of hydrogen-bond donors (Lipinski definition) is 2. The molecule has 1 saturated carbocycles. The number of rotatable bonds is 6. The van der Waals surface area contributed by atoms with Gasteiger partial charge in [-0.1, -0.05) is 61.7 Å². The average molecular weight is 366 g/mol. The highest BCUT2D eigenvalue weighted by atomic mass is 16.4. The van der Waals surface area contributed by atoms with Crippen LogP contribution in [0.4, 0.5) is 0 Å². The van der Waals surface area contributed by atoms with Crippen molar-refractivity contribution in [3.05, 3.63) is 53.6 Å². The van der Waals surface area contributed by atoms with Crippen LogP contribution in [0.3, 0.4) is 0 Å². The molecule has 0 saturated heterocycles. The number of carbonyl (C=O) groups excluding carboxylic acids is 1. The molecule has 2 aromatic carbocycles. The summed E-state index contributed by atoms with van der Waals surface area (Å²) in [5.74, 6) is -3.04. The van der Waals surface area contributed by atoms with Gasteiger partial charge < -0.3 is 10.2 Å². The second-order valence-electron chi connectivity index (χ2n) is 6.97. The average Bonchev–Trinajstić information content (AvgIpc) is 2.68. The van der Waals surface area contributed by atoms with E-state index in [0.29, 0.717) is 10.9 Å². The van der Waals surface area contributed by atoms with Crippen LogP contribution < -0.4 is 0 Å². The largest absolute Gasteiger partial charge is 0.478 e. The first-order chi connectivity index (χ1) is 13.0. The number of benzene rings is 2. The van der Waals surface area contributed by atoms with E-state index in [-0.39, 0.29) is 29.3 Å². The maximum atomic E-state index is 12.6. The van der Waals surface area contributed by atoms with E-state index in [1.165, 1.54) is 0 Å². The van der Waals surface area contributed by atoms with Crippen LogP contribution in [0.2, 0.25) is 0 Å². The molecule has 0 heterocycles. The van der Waals surface area contributed by atoms with Crippen LogP contribution in [0.25, 0.3) is 16.3 Å². The molecule has 0 amide bonds. The number of carboxylic acids is 2. The summed E-state index contributed by atoms with van der Waals surface area (Å²) in [6.45, 7) is 0. The van der Waals surface area contributed by atoms with Gasteiger partial charge in [0.1, 0.15) is 5.78 Å². The molecule has 0 spiro atoms. The minimum Gasteiger partial charge on any atom is -0.478 e. The molecule has 1 fully saturated rings. The van der Waals surface area contributed by atoms with Gasteiger partial charge in [-0.05, 0) is 29.2 Å². The van der Waals surface area contributed by atoms with E-state index in [9.17, 15) is 24.6 Å². The van der Waals surface area contributed by atoms with Gasteiger partial charge >= 0.3 is 11.9 Å². The molecule has 27 heavy (non-hydrogen) atoms. The molecular weight excluding hydrogens is 344 g/mol. The number of fused-ring (bicyclic) bond motifs is 1. The van der Waals surface area contributed by atoms with Crippen LogP contribution in [0.5, 0.6) is 0 Å². The maximum absolute atomic E-state index is 12.6. The van der Waals surface area contributed by atoms with Crippen molar-refractivity contribution in [3.8, 4) is 0 Å². The molecule has 140 valence electrons. The summed E-state index contributed by atoms with van der Waals surface area (Å²) < 4.78 is 0. The lowest BCUT2D eigenvalue weighted by atomic mass is 9.83. The van der Waals surface area contributed by atoms with Crippen LogP contribution in [0.1, 0.15) is 44.1 Å². The van der Waals surface area contributed by atoms with Gasteiger partial charge in [0.25, 0.3) is 0 Å². The zero-order chi connectivity index (χ0) is 19.4. The SMILES string of the molecule is O=C(O)/C(CC(=O)C1CCCCC1)=C(/C(=O)O)c1cccc2ccccc12. The van der Waals surface area contributed by atoms with Crippen molar-refractivity contribution in [2.45, 2.75) is 38.5 Å². The molecule has 0 radical (unpaired) electrons. The number of aliphatic carboxylic acids is 2. The molecule has 0 atom stereocenters. The van der Waals surface area contributed by atoms with E-state index in [1.807, 2.05) is 18.2 Å². The van der Waals surface area contributed by atoms with Crippen LogP contribution in [0, 0.1) is 5.92 Å². The molecule has 3 rings (SSSR count). The second kappa shape index (κ2) is 8.16. The standard InChI is InChI=1S/C22H22O5/c23-19(15-8-2-1-3-9-15)13-18(21(24)25)20(22(26)27)17-12-6-10-14-7-4-5-11-16(14)17/h4-7,10-12,15H,1-3,8-9,13H2,(H,24,25)(H,26,27)/b20-18+. The predicted octanol–water partition coefficient (Wildman–Crippen LogP) is 4.30. The minimum atomic E-state index is -1.36. The Hall–Kier alpha value is -2.95. The minimum absolute atomic E-state index is 0.171. The number of carbonyl (C=O) groups is 3. The van der Waals surface area contributed by atoms with E-state index < -0.39 is 11.9 Å². The van der Waals surface area contributed by atoms with E-state index in [4.69, 9.17) is 0 Å². The molecule has 2 N–H and O–H groups in total. The molecular formula is C22H22O5. The molecule has 5 heteroatoms. The topological polar surface area (TPSA) is 91.7 Å². The zero-order valence-electron chi connectivity index (χ0n) is 15.0. The Morgan fingerprint density at radius 1 is 0.852 bits per heavy atom. The smallest absolute Gasteiger partial charge is 0.336 e. The number of ketones is 1. The van der Waals surface area contributed by atoms with E-state index in [1.54, 1.807) is 24.3 Å². The lowest BCUT2D eigenvalue weighted by Gasteiger charge is -2.21. The molecule has 1 aliphatic carbocycles. The van der Waals surface area contributed by atoms with Crippen LogP contribution in [0.15, 0.2) is 48.0 Å². The fourth-order valence-electron chi connectivity index (χ4n) is 3.86. The molecule has 5 nitrogen and oxygen atoms in total. The van der Waals surface area contributed by atoms with Gasteiger partial charge in [-0.3, -0.25) is 4.79 Å². The zero-order valence-corrected chi connectivity index (χ0v) is 15.0. The first-order valence-corrected chi connectivity index (χ1v) is 9.19. The summed E-state index contributed by atoms with van der Waals surface area (Å²) in [5, 5.41) is 21.0. The molecule has 0 unspecified atom stereocenters. The van der Waals surface area contributed by atoms with E-state index in [0.717, 1.165) is 37.5 Å². The van der Waals surface area contributed by atoms with Gasteiger partial charge in [0.2, 0.25) is 0 Å². The van der Waals surface area contributed by atoms with Gasteiger partial charge in [0.05, 0.1) is 11.1 Å². The highest BCUT2D eigenvalue weighted by molar-refractivity contribution is 6.25. The van der Waals surface area contributed by atoms with Crippen molar-refractivity contribution >= 4 is 34.1 Å². The summed E-state index contributed by atoms with van der Waals surface area (Å²) in [4.78, 5) is 36.6. The highest BCUT2D eigenvalue weighted by Gasteiger charge is 2.28. The maximum Gasteiger partial charge on any atom is 0.336 e. The Balaban J connectivity index is 2.09. The Labute approximate surface area is 157 Å². The van der Waals surface area contributed by atoms with Crippen molar-refractivity contribution in [1.29, 1.82) is 0 Å². The molecule has 0 aromatic heterocycles. The van der Waals surface area contributed by atoms with Gasteiger partial charge in [0.15, 0.2) is 0 Å². The summed E-state index contributed by atoms with van der Waals surface area (Å²) in [6, 6.07) is 12.3. The van der Waals surface area contributed by atoms with Crippen LogP contribution >= 0.6 is 0 Å². The fourth-order valence-corrected chi connectivity index (χ4v) is 3.86. The lowest BCUT2D eigenvalue weighted by Crippen LogP contribution is -2.21. The van der Waals surface area contributed by atoms with Gasteiger partial charge in [0, 0.05) is 12.3 Å². The van der Waals surface area contributed by atoms with Gasteiger partial charge in [-0.25, -0.2) is 9.59 Å². The lowest BCUT2D eigenvalue weighted by molar-refractivity contribution is -0.135. The first-order valence-electron chi connectivity index (χ1n) is 9.19. The third-order valence-corrected chi connectivity index (χ3v) is 5.24.